The maximum Gasteiger partial charge on any atom is 0.278 e. The van der Waals surface area contributed by atoms with Crippen molar-refractivity contribution in [1.29, 1.82) is 0 Å². The molecule has 2 fully saturated rings. The van der Waals surface area contributed by atoms with E-state index in [9.17, 15) is 9.59 Å². The van der Waals surface area contributed by atoms with E-state index in [2.05, 4.69) is 11.8 Å². The van der Waals surface area contributed by atoms with Gasteiger partial charge in [0, 0.05) is 29.7 Å². The Balaban J connectivity index is 1.76. The quantitative estimate of drug-likeness (QED) is 0.463. The SMILES string of the molecule is CC1CCN(C2=C(c3ccc(Cl)cc3Cl)C(=O)N(C3CCCCCC3)C2=O)CC1. The van der Waals surface area contributed by atoms with Gasteiger partial charge in [-0.05, 0) is 43.7 Å². The zero-order chi connectivity index (χ0) is 20.5. The monoisotopic (exact) mass is 434 g/mol. The van der Waals surface area contributed by atoms with Crippen LogP contribution in [0.2, 0.25) is 10.0 Å². The van der Waals surface area contributed by atoms with Gasteiger partial charge < -0.3 is 4.90 Å². The van der Waals surface area contributed by atoms with Gasteiger partial charge >= 0.3 is 0 Å². The van der Waals surface area contributed by atoms with Crippen LogP contribution in [0.15, 0.2) is 23.9 Å². The molecule has 1 saturated carbocycles. The lowest BCUT2D eigenvalue weighted by atomic mass is 9.97. The smallest absolute Gasteiger partial charge is 0.278 e. The number of hydrogen-bond donors (Lipinski definition) is 0. The Kier molecular flexibility index (Phi) is 6.21. The molecule has 4 rings (SSSR count). The van der Waals surface area contributed by atoms with Crippen molar-refractivity contribution < 1.29 is 9.59 Å². The van der Waals surface area contributed by atoms with Gasteiger partial charge in [-0.1, -0.05) is 61.9 Å². The van der Waals surface area contributed by atoms with E-state index in [0.29, 0.717) is 32.8 Å². The van der Waals surface area contributed by atoms with Gasteiger partial charge in [-0.15, -0.1) is 0 Å². The van der Waals surface area contributed by atoms with Gasteiger partial charge in [-0.2, -0.15) is 0 Å². The largest absolute Gasteiger partial charge is 0.366 e. The highest BCUT2D eigenvalue weighted by atomic mass is 35.5. The molecule has 4 nitrogen and oxygen atoms in total. The summed E-state index contributed by atoms with van der Waals surface area (Å²) in [5.74, 6) is 0.303. The summed E-state index contributed by atoms with van der Waals surface area (Å²) in [5, 5.41) is 0.935. The van der Waals surface area contributed by atoms with Gasteiger partial charge in [-0.3, -0.25) is 14.5 Å². The lowest BCUT2D eigenvalue weighted by Gasteiger charge is -2.33. The first kappa shape index (κ1) is 20.7. The zero-order valence-electron chi connectivity index (χ0n) is 16.9. The highest BCUT2D eigenvalue weighted by Crippen LogP contribution is 2.39. The van der Waals surface area contributed by atoms with Crippen LogP contribution in [0, 0.1) is 5.92 Å². The van der Waals surface area contributed by atoms with Crippen molar-refractivity contribution in [2.45, 2.75) is 64.3 Å². The Hall–Kier alpha value is -1.52. The molecule has 0 spiro atoms. The first-order valence-corrected chi connectivity index (χ1v) is 11.6. The van der Waals surface area contributed by atoms with Gasteiger partial charge in [-0.25, -0.2) is 0 Å². The average molecular weight is 435 g/mol. The van der Waals surface area contributed by atoms with Crippen LogP contribution in [0.3, 0.4) is 0 Å². The number of rotatable bonds is 3. The summed E-state index contributed by atoms with van der Waals surface area (Å²) in [5.41, 5.74) is 1.60. The summed E-state index contributed by atoms with van der Waals surface area (Å²) in [6.45, 7) is 3.83. The summed E-state index contributed by atoms with van der Waals surface area (Å²) in [4.78, 5) is 30.9. The van der Waals surface area contributed by atoms with E-state index < -0.39 is 0 Å². The molecule has 1 aromatic rings. The Morgan fingerprint density at radius 2 is 1.55 bits per heavy atom. The molecule has 0 unspecified atom stereocenters. The maximum atomic E-state index is 13.6. The highest BCUT2D eigenvalue weighted by Gasteiger charge is 2.45. The van der Waals surface area contributed by atoms with Crippen LogP contribution in [0.1, 0.15) is 63.9 Å². The molecule has 0 bridgehead atoms. The van der Waals surface area contributed by atoms with E-state index >= 15 is 0 Å². The van der Waals surface area contributed by atoms with Crippen LogP contribution < -0.4 is 0 Å². The fraction of sp³-hybridized carbons (Fsp3) is 0.565. The van der Waals surface area contributed by atoms with Crippen LogP contribution in [-0.2, 0) is 9.59 Å². The molecule has 2 aliphatic heterocycles. The molecule has 3 aliphatic rings. The predicted octanol–water partition coefficient (Wildman–Crippen LogP) is 5.53. The Morgan fingerprint density at radius 3 is 2.17 bits per heavy atom. The molecule has 0 aromatic heterocycles. The lowest BCUT2D eigenvalue weighted by molar-refractivity contribution is -0.140. The molecule has 0 atom stereocenters. The minimum Gasteiger partial charge on any atom is -0.366 e. The molecular weight excluding hydrogens is 407 g/mol. The van der Waals surface area contributed by atoms with E-state index in [4.69, 9.17) is 23.2 Å². The topological polar surface area (TPSA) is 40.6 Å². The summed E-state index contributed by atoms with van der Waals surface area (Å²) in [6.07, 6.45) is 8.31. The van der Waals surface area contributed by atoms with Crippen molar-refractivity contribution in [3.8, 4) is 0 Å². The highest BCUT2D eigenvalue weighted by molar-refractivity contribution is 6.41. The second-order valence-electron chi connectivity index (χ2n) is 8.64. The summed E-state index contributed by atoms with van der Waals surface area (Å²) < 4.78 is 0. The molecule has 2 amide bonds. The molecule has 0 radical (unpaired) electrons. The van der Waals surface area contributed by atoms with E-state index in [-0.39, 0.29) is 17.9 Å². The number of amides is 2. The third kappa shape index (κ3) is 4.06. The first-order valence-electron chi connectivity index (χ1n) is 10.8. The minimum absolute atomic E-state index is 0.0141. The third-order valence-electron chi connectivity index (χ3n) is 6.58. The number of likely N-dealkylation sites (tertiary alicyclic amines) is 1. The van der Waals surface area contributed by atoms with Crippen LogP contribution in [-0.4, -0.2) is 40.7 Å². The van der Waals surface area contributed by atoms with Gasteiger partial charge in [0.2, 0.25) is 0 Å². The van der Waals surface area contributed by atoms with Crippen molar-refractivity contribution >= 4 is 40.6 Å². The minimum atomic E-state index is -0.195. The molecule has 1 saturated heterocycles. The van der Waals surface area contributed by atoms with Crippen molar-refractivity contribution in [3.05, 3.63) is 39.5 Å². The van der Waals surface area contributed by atoms with Gasteiger partial charge in [0.05, 0.1) is 10.6 Å². The molecule has 29 heavy (non-hydrogen) atoms. The number of halogens is 2. The summed E-state index contributed by atoms with van der Waals surface area (Å²) in [6, 6.07) is 5.14. The number of benzene rings is 1. The van der Waals surface area contributed by atoms with Crippen molar-refractivity contribution in [3.63, 3.8) is 0 Å². The molecule has 1 aromatic carbocycles. The van der Waals surface area contributed by atoms with E-state index in [0.717, 1.165) is 51.6 Å². The average Bonchev–Trinajstić information content (AvgIpc) is 2.85. The predicted molar refractivity (Wildman–Crippen MR) is 117 cm³/mol. The zero-order valence-corrected chi connectivity index (χ0v) is 18.4. The van der Waals surface area contributed by atoms with E-state index in [1.54, 1.807) is 23.1 Å². The standard InChI is InChI=1S/C23H28Cl2N2O2/c1-15-10-12-26(13-11-15)21-20(18-9-8-16(24)14-19(18)25)22(28)27(23(21)29)17-6-4-2-3-5-7-17/h8-9,14-15,17H,2-7,10-13H2,1H3. The normalized spacial score (nSPS) is 22.6. The van der Waals surface area contributed by atoms with Crippen LogP contribution in [0.25, 0.3) is 5.57 Å². The van der Waals surface area contributed by atoms with Gasteiger partial charge in [0.25, 0.3) is 11.8 Å². The molecule has 2 heterocycles. The molecular formula is C23H28Cl2N2O2. The molecule has 0 N–H and O–H groups in total. The Bertz CT molecular complexity index is 835. The van der Waals surface area contributed by atoms with Crippen molar-refractivity contribution in [2.24, 2.45) is 5.92 Å². The fourth-order valence-electron chi connectivity index (χ4n) is 4.84. The molecule has 156 valence electrons. The number of carbonyl (C=O) groups excluding carboxylic acids is 2. The van der Waals surface area contributed by atoms with E-state index in [1.165, 1.54) is 12.8 Å². The summed E-state index contributed by atoms with van der Waals surface area (Å²) in [7, 11) is 0. The number of nitrogens with zero attached hydrogens (tertiary/aromatic N) is 2. The first-order chi connectivity index (χ1) is 14.0. The van der Waals surface area contributed by atoms with Crippen LogP contribution in [0.5, 0.6) is 0 Å². The number of imide groups is 1. The Labute approximate surface area is 182 Å². The number of carbonyl (C=O) groups is 2. The molecule has 1 aliphatic carbocycles. The number of hydrogen-bond acceptors (Lipinski definition) is 3. The van der Waals surface area contributed by atoms with Crippen molar-refractivity contribution in [2.75, 3.05) is 13.1 Å². The van der Waals surface area contributed by atoms with Gasteiger partial charge in [0.15, 0.2) is 0 Å². The van der Waals surface area contributed by atoms with Gasteiger partial charge in [0.1, 0.15) is 5.70 Å². The lowest BCUT2D eigenvalue weighted by Crippen LogP contribution is -2.43. The van der Waals surface area contributed by atoms with Crippen LogP contribution in [0.4, 0.5) is 0 Å². The fourth-order valence-corrected chi connectivity index (χ4v) is 5.35. The van der Waals surface area contributed by atoms with Crippen LogP contribution >= 0.6 is 23.2 Å². The summed E-state index contributed by atoms with van der Waals surface area (Å²) >= 11 is 12.6. The molecule has 6 heteroatoms. The second kappa shape index (κ2) is 8.69. The van der Waals surface area contributed by atoms with E-state index in [1.807, 2.05) is 0 Å². The maximum absolute atomic E-state index is 13.6. The van der Waals surface area contributed by atoms with Crippen molar-refractivity contribution in [1.82, 2.24) is 9.80 Å². The third-order valence-corrected chi connectivity index (χ3v) is 7.13. The Morgan fingerprint density at radius 1 is 0.897 bits per heavy atom. The second-order valence-corrected chi connectivity index (χ2v) is 9.49. The number of piperidine rings is 1.